The molecule has 0 aliphatic heterocycles. The molecule has 24 heavy (non-hydrogen) atoms. The lowest BCUT2D eigenvalue weighted by Gasteiger charge is -2.17. The summed E-state index contributed by atoms with van der Waals surface area (Å²) in [6.45, 7) is 0. The molecule has 1 aromatic carbocycles. The second-order valence-corrected chi connectivity index (χ2v) is 5.24. The second kappa shape index (κ2) is 6.09. The van der Waals surface area contributed by atoms with Gasteiger partial charge in [0.2, 0.25) is 0 Å². The van der Waals surface area contributed by atoms with Gasteiger partial charge in [0.25, 0.3) is 0 Å². The zero-order valence-corrected chi connectivity index (χ0v) is 12.7. The number of nitrogens with zero attached hydrogens (tertiary/aromatic N) is 2. The van der Waals surface area contributed by atoms with E-state index in [-0.39, 0.29) is 5.69 Å². The van der Waals surface area contributed by atoms with Gasteiger partial charge in [0.05, 0.1) is 29.9 Å². The Morgan fingerprint density at radius 2 is 1.92 bits per heavy atom. The third-order valence-electron chi connectivity index (χ3n) is 3.71. The Labute approximate surface area is 136 Å². The van der Waals surface area contributed by atoms with Crippen LogP contribution in [0.15, 0.2) is 48.8 Å². The first kappa shape index (κ1) is 16.2. The molecule has 0 aliphatic carbocycles. The van der Waals surface area contributed by atoms with Crippen LogP contribution in [-0.2, 0) is 6.18 Å². The Balaban J connectivity index is 2.05. The number of alkyl halides is 3. The predicted octanol–water partition coefficient (Wildman–Crippen LogP) is 3.71. The van der Waals surface area contributed by atoms with Crippen molar-refractivity contribution in [1.29, 1.82) is 0 Å². The Hall–Kier alpha value is -2.67. The van der Waals surface area contributed by atoms with Crippen molar-refractivity contribution >= 4 is 10.9 Å². The SMILES string of the molecule is COc1ccc2cc([C@H](N)c3ncccc3C(F)(F)F)cnc2c1. The molecule has 0 saturated carbocycles. The molecule has 3 rings (SSSR count). The molecule has 0 bridgehead atoms. The van der Waals surface area contributed by atoms with Crippen molar-refractivity contribution in [1.82, 2.24) is 9.97 Å². The number of benzene rings is 1. The van der Waals surface area contributed by atoms with Gasteiger partial charge in [-0.2, -0.15) is 13.2 Å². The minimum Gasteiger partial charge on any atom is -0.497 e. The first-order valence-corrected chi connectivity index (χ1v) is 7.11. The standard InChI is InChI=1S/C17H14F3N3O/c1-24-12-5-4-10-7-11(9-23-14(10)8-12)15(21)16-13(17(18,19)20)3-2-6-22-16/h2-9,15H,21H2,1H3/t15-/m0/s1. The van der Waals surface area contributed by atoms with E-state index >= 15 is 0 Å². The molecule has 1 atom stereocenters. The zero-order chi connectivity index (χ0) is 17.3. The summed E-state index contributed by atoms with van der Waals surface area (Å²) in [6, 6.07) is 8.17. The van der Waals surface area contributed by atoms with Crippen LogP contribution in [0.3, 0.4) is 0 Å². The molecule has 0 aliphatic rings. The molecule has 124 valence electrons. The van der Waals surface area contributed by atoms with Crippen LogP contribution in [0.5, 0.6) is 5.75 Å². The lowest BCUT2D eigenvalue weighted by atomic mass is 10.00. The average Bonchev–Trinajstić information content (AvgIpc) is 2.59. The van der Waals surface area contributed by atoms with Gasteiger partial charge in [-0.25, -0.2) is 0 Å². The van der Waals surface area contributed by atoms with Crippen molar-refractivity contribution in [2.24, 2.45) is 5.73 Å². The van der Waals surface area contributed by atoms with Crippen LogP contribution in [0.25, 0.3) is 10.9 Å². The van der Waals surface area contributed by atoms with E-state index in [0.717, 1.165) is 11.5 Å². The quantitative estimate of drug-likeness (QED) is 0.794. The van der Waals surface area contributed by atoms with Crippen molar-refractivity contribution in [2.45, 2.75) is 12.2 Å². The highest BCUT2D eigenvalue weighted by Crippen LogP contribution is 2.34. The minimum atomic E-state index is -4.52. The van der Waals surface area contributed by atoms with E-state index in [1.54, 1.807) is 31.4 Å². The van der Waals surface area contributed by atoms with Gasteiger partial charge >= 0.3 is 6.18 Å². The number of fused-ring (bicyclic) bond motifs is 1. The maximum Gasteiger partial charge on any atom is 0.418 e. The maximum atomic E-state index is 13.1. The van der Waals surface area contributed by atoms with Crippen molar-refractivity contribution in [3.63, 3.8) is 0 Å². The lowest BCUT2D eigenvalue weighted by Crippen LogP contribution is -2.20. The summed E-state index contributed by atoms with van der Waals surface area (Å²) in [5.74, 6) is 0.649. The van der Waals surface area contributed by atoms with Crippen LogP contribution in [0, 0.1) is 0 Å². The van der Waals surface area contributed by atoms with Gasteiger partial charge in [-0.3, -0.25) is 9.97 Å². The molecule has 2 aromatic heterocycles. The summed E-state index contributed by atoms with van der Waals surface area (Å²) < 4.78 is 44.5. The zero-order valence-electron chi connectivity index (χ0n) is 12.7. The van der Waals surface area contributed by atoms with E-state index in [2.05, 4.69) is 9.97 Å². The second-order valence-electron chi connectivity index (χ2n) is 5.24. The highest BCUT2D eigenvalue weighted by atomic mass is 19.4. The molecule has 3 aromatic rings. The molecule has 7 heteroatoms. The molecule has 0 unspecified atom stereocenters. The topological polar surface area (TPSA) is 61.0 Å². The molecule has 4 nitrogen and oxygen atoms in total. The monoisotopic (exact) mass is 333 g/mol. The van der Waals surface area contributed by atoms with Gasteiger partial charge in [0.15, 0.2) is 0 Å². The van der Waals surface area contributed by atoms with Gasteiger partial charge in [0, 0.05) is 23.8 Å². The van der Waals surface area contributed by atoms with Crippen molar-refractivity contribution in [3.8, 4) is 5.75 Å². The number of nitrogens with two attached hydrogens (primary N) is 1. The van der Waals surface area contributed by atoms with Crippen molar-refractivity contribution < 1.29 is 17.9 Å². The Kier molecular flexibility index (Phi) is 4.11. The number of hydrogen-bond acceptors (Lipinski definition) is 4. The van der Waals surface area contributed by atoms with Crippen LogP contribution < -0.4 is 10.5 Å². The van der Waals surface area contributed by atoms with Crippen LogP contribution in [0.4, 0.5) is 13.2 Å². The highest BCUT2D eigenvalue weighted by Gasteiger charge is 2.35. The summed E-state index contributed by atoms with van der Waals surface area (Å²) >= 11 is 0. The number of rotatable bonds is 3. The van der Waals surface area contributed by atoms with E-state index in [4.69, 9.17) is 10.5 Å². The Morgan fingerprint density at radius 1 is 1.12 bits per heavy atom. The van der Waals surface area contributed by atoms with Gasteiger partial charge < -0.3 is 10.5 Å². The average molecular weight is 333 g/mol. The third kappa shape index (κ3) is 3.03. The van der Waals surface area contributed by atoms with Gasteiger partial charge in [-0.1, -0.05) is 0 Å². The number of methoxy groups -OCH3 is 1. The molecular formula is C17H14F3N3O. The fourth-order valence-corrected chi connectivity index (χ4v) is 2.48. The first-order chi connectivity index (χ1) is 11.4. The largest absolute Gasteiger partial charge is 0.497 e. The van der Waals surface area contributed by atoms with E-state index < -0.39 is 17.8 Å². The summed E-state index contributed by atoms with van der Waals surface area (Å²) in [5, 5.41) is 0.758. The van der Waals surface area contributed by atoms with Crippen LogP contribution in [-0.4, -0.2) is 17.1 Å². The molecule has 2 heterocycles. The van der Waals surface area contributed by atoms with E-state index in [1.807, 2.05) is 0 Å². The first-order valence-electron chi connectivity index (χ1n) is 7.11. The summed E-state index contributed by atoms with van der Waals surface area (Å²) in [6.07, 6.45) is -1.76. The number of ether oxygens (including phenoxy) is 1. The summed E-state index contributed by atoms with van der Waals surface area (Å²) in [4.78, 5) is 8.10. The third-order valence-corrected chi connectivity index (χ3v) is 3.71. The highest BCUT2D eigenvalue weighted by molar-refractivity contribution is 5.80. The van der Waals surface area contributed by atoms with E-state index in [9.17, 15) is 13.2 Å². The smallest absolute Gasteiger partial charge is 0.418 e. The van der Waals surface area contributed by atoms with E-state index in [0.29, 0.717) is 16.8 Å². The molecule has 0 spiro atoms. The normalized spacial score (nSPS) is 13.0. The molecule has 2 N–H and O–H groups in total. The van der Waals surface area contributed by atoms with Gasteiger partial charge in [-0.15, -0.1) is 0 Å². The summed E-state index contributed by atoms with van der Waals surface area (Å²) in [7, 11) is 1.55. The predicted molar refractivity (Wildman–Crippen MR) is 83.6 cm³/mol. The lowest BCUT2D eigenvalue weighted by molar-refractivity contribution is -0.138. The number of halogens is 3. The fraction of sp³-hybridized carbons (Fsp3) is 0.176. The number of hydrogen-bond donors (Lipinski definition) is 1. The number of aromatic nitrogens is 2. The van der Waals surface area contributed by atoms with Crippen LogP contribution >= 0.6 is 0 Å². The summed E-state index contributed by atoms with van der Waals surface area (Å²) in [5.41, 5.74) is 6.10. The van der Waals surface area contributed by atoms with Crippen molar-refractivity contribution in [2.75, 3.05) is 7.11 Å². The molecule has 0 amide bonds. The molecule has 0 saturated heterocycles. The van der Waals surface area contributed by atoms with Crippen molar-refractivity contribution in [3.05, 3.63) is 65.6 Å². The number of pyridine rings is 2. The van der Waals surface area contributed by atoms with Crippen LogP contribution in [0.2, 0.25) is 0 Å². The van der Waals surface area contributed by atoms with E-state index in [1.165, 1.54) is 18.5 Å². The maximum absolute atomic E-state index is 13.1. The fourth-order valence-electron chi connectivity index (χ4n) is 2.48. The minimum absolute atomic E-state index is 0.223. The van der Waals surface area contributed by atoms with Gasteiger partial charge in [-0.05, 0) is 35.9 Å². The Morgan fingerprint density at radius 3 is 2.62 bits per heavy atom. The Bertz CT molecular complexity index is 880. The van der Waals surface area contributed by atoms with Gasteiger partial charge in [0.1, 0.15) is 5.75 Å². The van der Waals surface area contributed by atoms with Crippen LogP contribution in [0.1, 0.15) is 22.9 Å². The molecular weight excluding hydrogens is 319 g/mol. The molecule has 0 fully saturated rings. The molecule has 0 radical (unpaired) electrons.